The van der Waals surface area contributed by atoms with Crippen LogP contribution in [0.3, 0.4) is 0 Å². The van der Waals surface area contributed by atoms with Crippen molar-refractivity contribution < 1.29 is 4.79 Å². The zero-order valence-corrected chi connectivity index (χ0v) is 9.85. The third-order valence-corrected chi connectivity index (χ3v) is 3.75. The number of hydrogen-bond acceptors (Lipinski definition) is 3. The van der Waals surface area contributed by atoms with Gasteiger partial charge in [-0.1, -0.05) is 12.8 Å². The Morgan fingerprint density at radius 2 is 2.00 bits per heavy atom. The highest BCUT2D eigenvalue weighted by Gasteiger charge is 2.20. The molecule has 0 unspecified atom stereocenters. The van der Waals surface area contributed by atoms with Gasteiger partial charge in [0.05, 0.1) is 11.2 Å². The second-order valence-electron chi connectivity index (χ2n) is 3.97. The molecule has 3 nitrogen and oxygen atoms in total. The number of aryl methyl sites for hydroxylation is 1. The first-order valence-electron chi connectivity index (χ1n) is 5.48. The maximum Gasteiger partial charge on any atom is 0.265 e. The molecule has 1 fully saturated rings. The Kier molecular flexibility index (Phi) is 3.36. The lowest BCUT2D eigenvalue weighted by Crippen LogP contribution is -2.31. The van der Waals surface area contributed by atoms with Gasteiger partial charge in [0.1, 0.15) is 4.88 Å². The van der Waals surface area contributed by atoms with Crippen molar-refractivity contribution in [1.29, 1.82) is 0 Å². The van der Waals surface area contributed by atoms with Gasteiger partial charge in [-0.05, 0) is 19.8 Å². The van der Waals surface area contributed by atoms with Crippen molar-refractivity contribution in [2.45, 2.75) is 32.6 Å². The van der Waals surface area contributed by atoms with Crippen LogP contribution in [0.5, 0.6) is 0 Å². The molecule has 1 aromatic heterocycles. The number of likely N-dealkylation sites (tertiary alicyclic amines) is 1. The van der Waals surface area contributed by atoms with E-state index in [1.165, 1.54) is 24.2 Å². The molecule has 1 aliphatic heterocycles. The first-order chi connectivity index (χ1) is 7.29. The van der Waals surface area contributed by atoms with Crippen LogP contribution in [-0.2, 0) is 0 Å². The van der Waals surface area contributed by atoms with Crippen LogP contribution in [0, 0.1) is 6.92 Å². The molecule has 0 saturated carbocycles. The van der Waals surface area contributed by atoms with E-state index in [0.29, 0.717) is 0 Å². The third kappa shape index (κ3) is 2.37. The smallest absolute Gasteiger partial charge is 0.265 e. The van der Waals surface area contributed by atoms with E-state index in [9.17, 15) is 4.79 Å². The molecular formula is C11H16N2OS. The summed E-state index contributed by atoms with van der Waals surface area (Å²) in [6, 6.07) is 0. The first-order valence-corrected chi connectivity index (χ1v) is 6.36. The minimum absolute atomic E-state index is 0.178. The van der Waals surface area contributed by atoms with Gasteiger partial charge in [-0.25, -0.2) is 4.98 Å². The van der Waals surface area contributed by atoms with E-state index in [-0.39, 0.29) is 5.91 Å². The van der Waals surface area contributed by atoms with Crippen molar-refractivity contribution in [2.24, 2.45) is 0 Å². The topological polar surface area (TPSA) is 33.2 Å². The molecule has 0 spiro atoms. The van der Waals surface area contributed by atoms with E-state index in [2.05, 4.69) is 4.98 Å². The number of rotatable bonds is 1. The van der Waals surface area contributed by atoms with E-state index in [1.54, 1.807) is 5.51 Å². The molecule has 4 heteroatoms. The highest BCUT2D eigenvalue weighted by Crippen LogP contribution is 2.18. The van der Waals surface area contributed by atoms with Gasteiger partial charge in [0.15, 0.2) is 0 Å². The molecule has 1 aliphatic rings. The quantitative estimate of drug-likeness (QED) is 0.734. The Morgan fingerprint density at radius 3 is 2.53 bits per heavy atom. The number of aromatic nitrogens is 1. The summed E-state index contributed by atoms with van der Waals surface area (Å²) in [6.45, 7) is 3.73. The monoisotopic (exact) mass is 224 g/mol. The van der Waals surface area contributed by atoms with Gasteiger partial charge in [0.2, 0.25) is 0 Å². The molecule has 1 amide bonds. The number of hydrogen-bond donors (Lipinski definition) is 0. The SMILES string of the molecule is Cc1ncsc1C(=O)N1CCCCCC1. The number of amides is 1. The fourth-order valence-electron chi connectivity index (χ4n) is 1.92. The normalized spacial score (nSPS) is 17.5. The molecular weight excluding hydrogens is 208 g/mol. The second kappa shape index (κ2) is 4.75. The third-order valence-electron chi connectivity index (χ3n) is 2.83. The van der Waals surface area contributed by atoms with Crippen molar-refractivity contribution in [1.82, 2.24) is 9.88 Å². The van der Waals surface area contributed by atoms with E-state index in [1.807, 2.05) is 11.8 Å². The Morgan fingerprint density at radius 1 is 1.33 bits per heavy atom. The van der Waals surface area contributed by atoms with Crippen LogP contribution in [-0.4, -0.2) is 28.9 Å². The number of carbonyl (C=O) groups is 1. The molecule has 1 saturated heterocycles. The highest BCUT2D eigenvalue weighted by molar-refractivity contribution is 7.11. The molecule has 2 heterocycles. The Hall–Kier alpha value is -0.900. The van der Waals surface area contributed by atoms with Gasteiger partial charge in [-0.2, -0.15) is 0 Å². The van der Waals surface area contributed by atoms with Crippen LogP contribution in [0.25, 0.3) is 0 Å². The maximum absolute atomic E-state index is 12.1. The van der Waals surface area contributed by atoms with Crippen LogP contribution in [0.1, 0.15) is 41.0 Å². The van der Waals surface area contributed by atoms with Crippen molar-refractivity contribution in [3.63, 3.8) is 0 Å². The molecule has 0 atom stereocenters. The largest absolute Gasteiger partial charge is 0.338 e. The van der Waals surface area contributed by atoms with Gasteiger partial charge < -0.3 is 4.90 Å². The number of carbonyl (C=O) groups excluding carboxylic acids is 1. The maximum atomic E-state index is 12.1. The molecule has 0 aliphatic carbocycles. The second-order valence-corrected chi connectivity index (χ2v) is 4.83. The predicted octanol–water partition coefficient (Wildman–Crippen LogP) is 2.47. The Labute approximate surface area is 94.1 Å². The van der Waals surface area contributed by atoms with Crippen molar-refractivity contribution in [2.75, 3.05) is 13.1 Å². The Balaban J connectivity index is 2.09. The van der Waals surface area contributed by atoms with Crippen LogP contribution in [0.2, 0.25) is 0 Å². The molecule has 0 aromatic carbocycles. The molecule has 0 radical (unpaired) electrons. The zero-order valence-electron chi connectivity index (χ0n) is 9.03. The van der Waals surface area contributed by atoms with Crippen molar-refractivity contribution >= 4 is 17.2 Å². The summed E-state index contributed by atoms with van der Waals surface area (Å²) in [5.74, 6) is 0.178. The lowest BCUT2D eigenvalue weighted by Gasteiger charge is -2.19. The van der Waals surface area contributed by atoms with Crippen LogP contribution < -0.4 is 0 Å². The minimum atomic E-state index is 0.178. The van der Waals surface area contributed by atoms with Gasteiger partial charge in [0, 0.05) is 13.1 Å². The van der Waals surface area contributed by atoms with Gasteiger partial charge in [-0.15, -0.1) is 11.3 Å². The molecule has 1 aromatic rings. The molecule has 15 heavy (non-hydrogen) atoms. The zero-order chi connectivity index (χ0) is 10.7. The van der Waals surface area contributed by atoms with E-state index in [4.69, 9.17) is 0 Å². The number of thiazole rings is 1. The Bertz CT molecular complexity index is 340. The predicted molar refractivity (Wildman–Crippen MR) is 61.2 cm³/mol. The molecule has 82 valence electrons. The average molecular weight is 224 g/mol. The molecule has 0 N–H and O–H groups in total. The molecule has 2 rings (SSSR count). The summed E-state index contributed by atoms with van der Waals surface area (Å²) in [5.41, 5.74) is 2.62. The van der Waals surface area contributed by atoms with Gasteiger partial charge in [0.25, 0.3) is 5.91 Å². The average Bonchev–Trinajstić information content (AvgIpc) is 2.53. The number of nitrogens with zero attached hydrogens (tertiary/aromatic N) is 2. The summed E-state index contributed by atoms with van der Waals surface area (Å²) in [6.07, 6.45) is 4.80. The summed E-state index contributed by atoms with van der Waals surface area (Å²) < 4.78 is 0. The van der Waals surface area contributed by atoms with Crippen LogP contribution in [0.15, 0.2) is 5.51 Å². The standard InChI is InChI=1S/C11H16N2OS/c1-9-10(15-8-12-9)11(14)13-6-4-2-3-5-7-13/h8H,2-7H2,1H3. The van der Waals surface area contributed by atoms with E-state index in [0.717, 1.165) is 36.5 Å². The lowest BCUT2D eigenvalue weighted by atomic mass is 10.2. The van der Waals surface area contributed by atoms with Crippen LogP contribution >= 0.6 is 11.3 Å². The summed E-state index contributed by atoms with van der Waals surface area (Å²) >= 11 is 1.46. The summed E-state index contributed by atoms with van der Waals surface area (Å²) in [5, 5.41) is 0. The lowest BCUT2D eigenvalue weighted by molar-refractivity contribution is 0.0765. The first kappa shape index (κ1) is 10.6. The summed E-state index contributed by atoms with van der Waals surface area (Å²) in [4.78, 5) is 19.1. The highest BCUT2D eigenvalue weighted by atomic mass is 32.1. The summed E-state index contributed by atoms with van der Waals surface area (Å²) in [7, 11) is 0. The van der Waals surface area contributed by atoms with E-state index < -0.39 is 0 Å². The van der Waals surface area contributed by atoms with Gasteiger partial charge >= 0.3 is 0 Å². The fourth-order valence-corrected chi connectivity index (χ4v) is 2.69. The van der Waals surface area contributed by atoms with Gasteiger partial charge in [-0.3, -0.25) is 4.79 Å². The van der Waals surface area contributed by atoms with Crippen LogP contribution in [0.4, 0.5) is 0 Å². The molecule has 0 bridgehead atoms. The van der Waals surface area contributed by atoms with E-state index >= 15 is 0 Å². The van der Waals surface area contributed by atoms with Crippen molar-refractivity contribution in [3.05, 3.63) is 16.1 Å². The fraction of sp³-hybridized carbons (Fsp3) is 0.636. The minimum Gasteiger partial charge on any atom is -0.338 e. The van der Waals surface area contributed by atoms with Crippen molar-refractivity contribution in [3.8, 4) is 0 Å².